The highest BCUT2D eigenvalue weighted by molar-refractivity contribution is 6.25. The predicted octanol–water partition coefficient (Wildman–Crippen LogP) is -0.511. The molecule has 204 valence electrons. The van der Waals surface area contributed by atoms with Crippen molar-refractivity contribution < 1.29 is 44.7 Å². The minimum absolute atomic E-state index is 0.102. The average Bonchev–Trinajstić information content (AvgIpc) is 2.86. The zero-order valence-electron chi connectivity index (χ0n) is 21.2. The van der Waals surface area contributed by atoms with Gasteiger partial charge in [0.2, 0.25) is 5.78 Å². The molecule has 0 aromatic heterocycles. The van der Waals surface area contributed by atoms with Gasteiger partial charge in [0.15, 0.2) is 11.4 Å². The normalized spacial score (nSPS) is 33.3. The van der Waals surface area contributed by atoms with Crippen molar-refractivity contribution in [3.63, 3.8) is 0 Å². The molecule has 38 heavy (non-hydrogen) atoms. The number of ether oxygens (including phenoxy) is 1. The molecule has 1 amide bonds. The van der Waals surface area contributed by atoms with Gasteiger partial charge in [-0.25, -0.2) is 0 Å². The number of amides is 1. The zero-order chi connectivity index (χ0) is 27.8. The molecule has 5 rings (SSSR count). The second-order valence-electron chi connectivity index (χ2n) is 10.5. The standard InChI is InChI=1S/C26H31N3O9/c1-10-11-4-5-12(29-6-8-38-9-7-29)19(30)14(11)20(31)15-13(10)21(32)17-18(28(2)3)22(33)16(25(27)36)24(35)26(17,37)23(15)34/h4-5,10,13,17-18,21,30,32-34,37H,6-9H2,1-3H3,(H2,27,36)/t10-,13+,17+,18-,21-,26+/m1/s1. The predicted molar refractivity (Wildman–Crippen MR) is 133 cm³/mol. The molecular formula is C26H31N3O9. The number of phenols is 1. The smallest absolute Gasteiger partial charge is 0.255 e. The number of fused-ring (bicyclic) bond motifs is 3. The van der Waals surface area contributed by atoms with Crippen LogP contribution in [0.4, 0.5) is 5.69 Å². The lowest BCUT2D eigenvalue weighted by atomic mass is 9.55. The van der Waals surface area contributed by atoms with Gasteiger partial charge in [0.25, 0.3) is 5.91 Å². The van der Waals surface area contributed by atoms with Gasteiger partial charge in [-0.2, -0.15) is 0 Å². The Morgan fingerprint density at radius 1 is 1.16 bits per heavy atom. The molecule has 1 saturated heterocycles. The van der Waals surface area contributed by atoms with Gasteiger partial charge in [0.1, 0.15) is 22.8 Å². The molecular weight excluding hydrogens is 498 g/mol. The number of Topliss-reactive ketones (excluding diaryl/α,β-unsaturated/α-hetero) is 2. The van der Waals surface area contributed by atoms with Crippen LogP contribution in [0.15, 0.2) is 34.8 Å². The zero-order valence-corrected chi connectivity index (χ0v) is 21.2. The Labute approximate surface area is 218 Å². The number of aromatic hydroxyl groups is 1. The van der Waals surface area contributed by atoms with E-state index in [1.165, 1.54) is 19.0 Å². The number of carbonyl (C=O) groups is 3. The summed E-state index contributed by atoms with van der Waals surface area (Å²) in [6.07, 6.45) is -1.62. The van der Waals surface area contributed by atoms with Crippen LogP contribution in [0.25, 0.3) is 0 Å². The summed E-state index contributed by atoms with van der Waals surface area (Å²) < 4.78 is 5.36. The molecule has 0 spiro atoms. The van der Waals surface area contributed by atoms with Crippen LogP contribution >= 0.6 is 0 Å². The molecule has 0 saturated carbocycles. The number of ketones is 2. The summed E-state index contributed by atoms with van der Waals surface area (Å²) in [5.74, 6) is -8.96. The third-order valence-electron chi connectivity index (χ3n) is 8.46. The van der Waals surface area contributed by atoms with E-state index in [4.69, 9.17) is 10.5 Å². The number of phenolic OH excluding ortho intramolecular Hbond substituents is 1. The second-order valence-corrected chi connectivity index (χ2v) is 10.5. The Hall–Kier alpha value is -3.45. The van der Waals surface area contributed by atoms with E-state index in [0.717, 1.165) is 0 Å². The number of nitrogens with two attached hydrogens (primary N) is 1. The molecule has 0 radical (unpaired) electrons. The van der Waals surface area contributed by atoms with Gasteiger partial charge in [0, 0.05) is 24.6 Å². The number of rotatable bonds is 3. The fourth-order valence-electron chi connectivity index (χ4n) is 6.67. The van der Waals surface area contributed by atoms with E-state index in [1.54, 1.807) is 19.1 Å². The number of carbonyl (C=O) groups excluding carboxylic acids is 3. The molecule has 4 aliphatic rings. The van der Waals surface area contributed by atoms with Gasteiger partial charge in [0.05, 0.1) is 42.5 Å². The van der Waals surface area contributed by atoms with Crippen molar-refractivity contribution in [2.45, 2.75) is 30.6 Å². The van der Waals surface area contributed by atoms with Crippen molar-refractivity contribution >= 4 is 23.2 Å². The highest BCUT2D eigenvalue weighted by atomic mass is 16.5. The van der Waals surface area contributed by atoms with Crippen molar-refractivity contribution in [2.24, 2.45) is 17.6 Å². The molecule has 1 aromatic carbocycles. The molecule has 1 aliphatic heterocycles. The summed E-state index contributed by atoms with van der Waals surface area (Å²) in [6.45, 7) is 3.54. The van der Waals surface area contributed by atoms with Crippen molar-refractivity contribution in [2.75, 3.05) is 45.3 Å². The van der Waals surface area contributed by atoms with E-state index in [1.807, 2.05) is 4.90 Å². The third kappa shape index (κ3) is 3.27. The van der Waals surface area contributed by atoms with Crippen LogP contribution in [0.1, 0.15) is 28.8 Å². The maximum atomic E-state index is 13.9. The number of primary amides is 1. The van der Waals surface area contributed by atoms with Gasteiger partial charge in [-0.15, -0.1) is 0 Å². The number of hydrogen-bond acceptors (Lipinski definition) is 11. The van der Waals surface area contributed by atoms with Crippen molar-refractivity contribution in [3.05, 3.63) is 45.9 Å². The van der Waals surface area contributed by atoms with E-state index in [0.29, 0.717) is 37.6 Å². The number of nitrogens with zero attached hydrogens (tertiary/aromatic N) is 2. The van der Waals surface area contributed by atoms with E-state index in [2.05, 4.69) is 0 Å². The highest BCUT2D eigenvalue weighted by Crippen LogP contribution is 2.56. The van der Waals surface area contributed by atoms with Crippen LogP contribution in [0.5, 0.6) is 5.75 Å². The summed E-state index contributed by atoms with van der Waals surface area (Å²) in [5, 5.41) is 56.9. The molecule has 0 bridgehead atoms. The molecule has 6 atom stereocenters. The summed E-state index contributed by atoms with van der Waals surface area (Å²) in [5.41, 5.74) is 1.78. The summed E-state index contributed by atoms with van der Waals surface area (Å²) in [6, 6.07) is 2.07. The van der Waals surface area contributed by atoms with Crippen LogP contribution < -0.4 is 10.6 Å². The van der Waals surface area contributed by atoms with Crippen molar-refractivity contribution in [1.29, 1.82) is 0 Å². The van der Waals surface area contributed by atoms with Crippen LogP contribution in [-0.4, -0.2) is 106 Å². The summed E-state index contributed by atoms with van der Waals surface area (Å²) in [7, 11) is 2.99. The lowest BCUT2D eigenvalue weighted by molar-refractivity contribution is -0.162. The first kappa shape index (κ1) is 26.2. The fourth-order valence-corrected chi connectivity index (χ4v) is 6.67. The van der Waals surface area contributed by atoms with E-state index < -0.39 is 75.6 Å². The second kappa shape index (κ2) is 8.80. The van der Waals surface area contributed by atoms with E-state index >= 15 is 0 Å². The summed E-state index contributed by atoms with van der Waals surface area (Å²) >= 11 is 0. The maximum absolute atomic E-state index is 13.9. The molecule has 3 aliphatic carbocycles. The Morgan fingerprint density at radius 3 is 2.37 bits per heavy atom. The number of morpholine rings is 1. The average molecular weight is 530 g/mol. The number of anilines is 1. The quantitative estimate of drug-likeness (QED) is 0.276. The Balaban J connectivity index is 1.73. The van der Waals surface area contributed by atoms with Gasteiger partial charge < -0.3 is 40.9 Å². The third-order valence-corrected chi connectivity index (χ3v) is 8.46. The van der Waals surface area contributed by atoms with Gasteiger partial charge in [-0.05, 0) is 31.6 Å². The van der Waals surface area contributed by atoms with E-state index in [-0.39, 0.29) is 11.3 Å². The number of aliphatic hydroxyl groups is 4. The maximum Gasteiger partial charge on any atom is 0.255 e. The highest BCUT2D eigenvalue weighted by Gasteiger charge is 2.67. The Bertz CT molecular complexity index is 1310. The molecule has 0 unspecified atom stereocenters. The number of aliphatic hydroxyl groups excluding tert-OH is 3. The van der Waals surface area contributed by atoms with Gasteiger partial charge in [-0.3, -0.25) is 19.3 Å². The molecule has 12 nitrogen and oxygen atoms in total. The van der Waals surface area contributed by atoms with Gasteiger partial charge >= 0.3 is 0 Å². The largest absolute Gasteiger partial charge is 0.510 e. The van der Waals surface area contributed by atoms with Crippen LogP contribution in [-0.2, 0) is 14.3 Å². The molecule has 7 N–H and O–H groups in total. The van der Waals surface area contributed by atoms with Crippen LogP contribution in [0, 0.1) is 11.8 Å². The minimum Gasteiger partial charge on any atom is -0.510 e. The minimum atomic E-state index is -2.93. The SMILES string of the molecule is C[C@@H]1c2ccc(N3CCOCC3)c(O)c2C(=O)C2=C(O)[C@]3(O)C(=O)C(C(N)=O)=C(O)[C@H](N(C)C)[C@H]3[C@H](O)[C@H]21. The monoisotopic (exact) mass is 529 g/mol. The first-order chi connectivity index (χ1) is 17.8. The molecule has 1 fully saturated rings. The topological polar surface area (TPSA) is 194 Å². The molecule has 1 aromatic rings. The molecule has 12 heteroatoms. The van der Waals surface area contributed by atoms with Crippen molar-refractivity contribution in [1.82, 2.24) is 4.90 Å². The van der Waals surface area contributed by atoms with Crippen LogP contribution in [0.3, 0.4) is 0 Å². The van der Waals surface area contributed by atoms with Gasteiger partial charge in [-0.1, -0.05) is 13.0 Å². The summed E-state index contributed by atoms with van der Waals surface area (Å²) in [4.78, 5) is 42.7. The number of likely N-dealkylation sites (N-methyl/N-ethyl adjacent to an activating group) is 1. The number of benzene rings is 1. The molecule has 1 heterocycles. The lowest BCUT2D eigenvalue weighted by Crippen LogP contribution is -2.68. The van der Waals surface area contributed by atoms with E-state index in [9.17, 15) is 39.9 Å². The first-order valence-electron chi connectivity index (χ1n) is 12.4. The fraction of sp³-hybridized carbons (Fsp3) is 0.500. The van der Waals surface area contributed by atoms with Crippen molar-refractivity contribution in [3.8, 4) is 5.75 Å². The number of hydrogen-bond donors (Lipinski definition) is 6. The van der Waals surface area contributed by atoms with Crippen LogP contribution in [0.2, 0.25) is 0 Å². The first-order valence-corrected chi connectivity index (χ1v) is 12.4. The Kier molecular flexibility index (Phi) is 6.06. The Morgan fingerprint density at radius 2 is 1.79 bits per heavy atom. The lowest BCUT2D eigenvalue weighted by Gasteiger charge is -2.53.